The number of ether oxygens (including phenoxy) is 3. The molecule has 1 atom stereocenters. The van der Waals surface area contributed by atoms with Crippen LogP contribution in [0, 0.1) is 6.92 Å². The average Bonchev–Trinajstić information content (AvgIpc) is 2.96. The molecule has 9 heteroatoms. The molecule has 1 aromatic carbocycles. The molecule has 204 valence electrons. The van der Waals surface area contributed by atoms with Gasteiger partial charge in [-0.05, 0) is 63.1 Å². The van der Waals surface area contributed by atoms with Crippen LogP contribution in [0.1, 0.15) is 32.8 Å². The van der Waals surface area contributed by atoms with Crippen LogP contribution >= 0.6 is 0 Å². The lowest BCUT2D eigenvalue weighted by Crippen LogP contribution is -2.52. The van der Waals surface area contributed by atoms with Crippen molar-refractivity contribution in [2.45, 2.75) is 40.2 Å². The quantitative estimate of drug-likeness (QED) is 0.570. The van der Waals surface area contributed by atoms with Gasteiger partial charge in [0.15, 0.2) is 5.76 Å². The Bertz CT molecular complexity index is 1450. The minimum Gasteiger partial charge on any atom is -0.488 e. The van der Waals surface area contributed by atoms with Crippen LogP contribution in [0.25, 0.3) is 11.8 Å². The molecule has 39 heavy (non-hydrogen) atoms. The molecule has 2 fully saturated rings. The first-order valence-electron chi connectivity index (χ1n) is 13.5. The number of nitrogens with one attached hydrogen (secondary N) is 1. The van der Waals surface area contributed by atoms with Crippen molar-refractivity contribution in [3.63, 3.8) is 0 Å². The van der Waals surface area contributed by atoms with E-state index in [0.29, 0.717) is 32.2 Å². The van der Waals surface area contributed by atoms with Crippen LogP contribution in [0.2, 0.25) is 0 Å². The summed E-state index contributed by atoms with van der Waals surface area (Å²) in [6, 6.07) is 6.24. The van der Waals surface area contributed by atoms with Gasteiger partial charge in [-0.2, -0.15) is 5.10 Å². The summed E-state index contributed by atoms with van der Waals surface area (Å²) < 4.78 is 18.3. The lowest BCUT2D eigenvalue weighted by atomic mass is 10.1. The molecule has 0 spiro atoms. The third-order valence-electron chi connectivity index (χ3n) is 6.78. The summed E-state index contributed by atoms with van der Waals surface area (Å²) in [6.45, 7) is 11.5. The van der Waals surface area contributed by atoms with Crippen molar-refractivity contribution in [1.29, 1.82) is 0 Å². The van der Waals surface area contributed by atoms with Crippen LogP contribution in [0.15, 0.2) is 65.5 Å². The van der Waals surface area contributed by atoms with E-state index in [1.54, 1.807) is 12.5 Å². The first-order valence-corrected chi connectivity index (χ1v) is 13.5. The van der Waals surface area contributed by atoms with Crippen LogP contribution in [0.3, 0.4) is 0 Å². The summed E-state index contributed by atoms with van der Waals surface area (Å²) in [5.74, 6) is 3.10. The molecule has 0 aliphatic carbocycles. The Labute approximate surface area is 229 Å². The van der Waals surface area contributed by atoms with Crippen molar-refractivity contribution < 1.29 is 14.2 Å². The van der Waals surface area contributed by atoms with Crippen molar-refractivity contribution >= 4 is 29.6 Å². The van der Waals surface area contributed by atoms with Crippen molar-refractivity contribution in [3.8, 4) is 5.75 Å². The molecule has 9 nitrogen and oxygen atoms in total. The van der Waals surface area contributed by atoms with Crippen molar-refractivity contribution in [1.82, 2.24) is 19.9 Å². The lowest BCUT2D eigenvalue weighted by Gasteiger charge is -2.43. The lowest BCUT2D eigenvalue weighted by molar-refractivity contribution is -0.0259. The van der Waals surface area contributed by atoms with Gasteiger partial charge >= 0.3 is 0 Å². The average molecular weight is 529 g/mol. The largest absolute Gasteiger partial charge is 0.488 e. The normalized spacial score (nSPS) is 22.2. The highest BCUT2D eigenvalue weighted by molar-refractivity contribution is 5.67. The maximum atomic E-state index is 6.41. The number of rotatable bonds is 6. The highest BCUT2D eigenvalue weighted by atomic mass is 16.5. The Morgan fingerprint density at radius 1 is 1.23 bits per heavy atom. The van der Waals surface area contributed by atoms with E-state index in [1.807, 2.05) is 62.3 Å². The van der Waals surface area contributed by atoms with Crippen LogP contribution in [0.5, 0.6) is 5.75 Å². The number of morpholine rings is 2. The molecule has 3 aliphatic heterocycles. The fourth-order valence-corrected chi connectivity index (χ4v) is 4.92. The molecule has 3 aliphatic rings. The van der Waals surface area contributed by atoms with Crippen LogP contribution < -0.4 is 20.6 Å². The van der Waals surface area contributed by atoms with Gasteiger partial charge in [-0.15, -0.1) is 0 Å². The van der Waals surface area contributed by atoms with Gasteiger partial charge in [-0.1, -0.05) is 19.1 Å². The van der Waals surface area contributed by atoms with E-state index in [2.05, 4.69) is 44.4 Å². The predicted molar refractivity (Wildman–Crippen MR) is 154 cm³/mol. The fourth-order valence-electron chi connectivity index (χ4n) is 4.92. The third kappa shape index (κ3) is 5.83. The molecule has 1 N–H and O–H groups in total. The Kier molecular flexibility index (Phi) is 8.27. The standard InChI is InChI=1S/C30H36N6O3/c1-5-8-26-29(38-19-23-18-37-16-15-36(23)26)28-25(6-2)31-20-32-30(28)34-22-9-10-27(21(4)17-22)39-24-11-13-35(14-12-24)33-7-3/h6-13,17,20,23H,5,14-16,18-19H2,1-4H3,(H,31,32,34)/b25-6+,26-8-,29-28-,33-7-. The number of nitrogens with zero attached hydrogens (tertiary/aromatic N) is 5. The second kappa shape index (κ2) is 12.2. The zero-order chi connectivity index (χ0) is 27.2. The number of aryl methyl sites for hydroxylation is 1. The number of allylic oxidation sites excluding steroid dienone is 2. The molecule has 2 aromatic rings. The Hall–Kier alpha value is -4.11. The van der Waals surface area contributed by atoms with E-state index in [0.717, 1.165) is 57.7 Å². The van der Waals surface area contributed by atoms with E-state index in [4.69, 9.17) is 14.2 Å². The zero-order valence-electron chi connectivity index (χ0n) is 23.1. The number of anilines is 2. The first-order chi connectivity index (χ1) is 19.1. The fraction of sp³-hybridized carbons (Fsp3) is 0.367. The van der Waals surface area contributed by atoms with Gasteiger partial charge in [0.05, 0.1) is 42.1 Å². The molecule has 2 saturated heterocycles. The van der Waals surface area contributed by atoms with Crippen LogP contribution in [0.4, 0.5) is 11.5 Å². The SMILES string of the molecule is C/C=N\N1C=CC(Oc2ccc(Nc3ncnc(=C/C)/c3=C3/OCC4COCCN4/C3=C\CC)cc2C)=CC1. The van der Waals surface area contributed by atoms with Gasteiger partial charge in [0, 0.05) is 24.6 Å². The third-order valence-corrected chi connectivity index (χ3v) is 6.78. The molecule has 4 heterocycles. The van der Waals surface area contributed by atoms with Crippen LogP contribution in [-0.2, 0) is 9.47 Å². The number of hydrazone groups is 1. The highest BCUT2D eigenvalue weighted by Gasteiger charge is 2.33. The van der Waals surface area contributed by atoms with E-state index in [9.17, 15) is 0 Å². The number of benzene rings is 1. The number of aromatic nitrogens is 2. The molecule has 0 radical (unpaired) electrons. The maximum absolute atomic E-state index is 6.41. The molecule has 1 unspecified atom stereocenters. The van der Waals surface area contributed by atoms with Gasteiger partial charge in [-0.3, -0.25) is 5.01 Å². The molecule has 0 bridgehead atoms. The second-order valence-corrected chi connectivity index (χ2v) is 9.46. The van der Waals surface area contributed by atoms with Gasteiger partial charge < -0.3 is 24.4 Å². The van der Waals surface area contributed by atoms with Gasteiger partial charge in [0.25, 0.3) is 0 Å². The predicted octanol–water partition coefficient (Wildman–Crippen LogP) is 3.56. The summed E-state index contributed by atoms with van der Waals surface area (Å²) in [4.78, 5) is 11.6. The van der Waals surface area contributed by atoms with Gasteiger partial charge in [0.2, 0.25) is 0 Å². The zero-order valence-corrected chi connectivity index (χ0v) is 23.1. The minimum absolute atomic E-state index is 0.210. The van der Waals surface area contributed by atoms with E-state index < -0.39 is 0 Å². The minimum atomic E-state index is 0.210. The monoisotopic (exact) mass is 528 g/mol. The Morgan fingerprint density at radius 2 is 2.13 bits per heavy atom. The number of hydrogen-bond donors (Lipinski definition) is 1. The van der Waals surface area contributed by atoms with Crippen molar-refractivity contribution in [2.75, 3.05) is 38.2 Å². The summed E-state index contributed by atoms with van der Waals surface area (Å²) in [7, 11) is 0. The Morgan fingerprint density at radius 3 is 2.87 bits per heavy atom. The van der Waals surface area contributed by atoms with E-state index in [1.165, 1.54) is 0 Å². The second-order valence-electron chi connectivity index (χ2n) is 9.46. The molecular formula is C30H36N6O3. The maximum Gasteiger partial charge on any atom is 0.155 e. The topological polar surface area (TPSA) is 84.3 Å². The Balaban J connectivity index is 1.46. The van der Waals surface area contributed by atoms with Gasteiger partial charge in [0.1, 0.15) is 30.3 Å². The molecule has 1 aromatic heterocycles. The smallest absolute Gasteiger partial charge is 0.155 e. The number of hydrogen-bond acceptors (Lipinski definition) is 9. The molecule has 0 amide bonds. The van der Waals surface area contributed by atoms with E-state index in [-0.39, 0.29) is 6.04 Å². The summed E-state index contributed by atoms with van der Waals surface area (Å²) >= 11 is 0. The molecular weight excluding hydrogens is 492 g/mol. The highest BCUT2D eigenvalue weighted by Crippen LogP contribution is 2.29. The summed E-state index contributed by atoms with van der Waals surface area (Å²) in [5.41, 5.74) is 2.99. The van der Waals surface area contributed by atoms with Crippen LogP contribution in [-0.4, -0.2) is 65.0 Å². The molecule has 0 saturated carbocycles. The number of fused-ring (bicyclic) bond motifs is 1. The van der Waals surface area contributed by atoms with E-state index >= 15 is 0 Å². The summed E-state index contributed by atoms with van der Waals surface area (Å²) in [5, 5.41) is 11.3. The van der Waals surface area contributed by atoms with Crippen molar-refractivity contribution in [2.24, 2.45) is 5.10 Å². The van der Waals surface area contributed by atoms with Gasteiger partial charge in [-0.25, -0.2) is 9.97 Å². The molecule has 5 rings (SSSR count). The summed E-state index contributed by atoms with van der Waals surface area (Å²) in [6.07, 6.45) is 14.3. The van der Waals surface area contributed by atoms with Crippen molar-refractivity contribution in [3.05, 3.63) is 76.5 Å². The first kappa shape index (κ1) is 26.5.